The summed E-state index contributed by atoms with van der Waals surface area (Å²) in [6.07, 6.45) is 2.71. The third-order valence-corrected chi connectivity index (χ3v) is 6.39. The second-order valence-corrected chi connectivity index (χ2v) is 8.76. The molecule has 1 fully saturated rings. The Morgan fingerprint density at radius 1 is 1.16 bits per heavy atom. The summed E-state index contributed by atoms with van der Waals surface area (Å²) in [5.74, 6) is 1.13. The van der Waals surface area contributed by atoms with Gasteiger partial charge in [-0.25, -0.2) is 9.97 Å². The Bertz CT molecular complexity index is 1210. The average molecular weight is 438 g/mol. The summed E-state index contributed by atoms with van der Waals surface area (Å²) in [7, 11) is 0. The Morgan fingerprint density at radius 2 is 2.00 bits per heavy atom. The minimum Gasteiger partial charge on any atom is -0.395 e. The number of aryl methyl sites for hydroxylation is 1. The number of rotatable bonds is 6. The quantitative estimate of drug-likeness (QED) is 0.428. The highest BCUT2D eigenvalue weighted by Gasteiger charge is 2.23. The van der Waals surface area contributed by atoms with Gasteiger partial charge in [-0.2, -0.15) is 0 Å². The third kappa shape index (κ3) is 4.02. The first kappa shape index (κ1) is 19.7. The van der Waals surface area contributed by atoms with Gasteiger partial charge in [0.15, 0.2) is 0 Å². The van der Waals surface area contributed by atoms with Crippen molar-refractivity contribution < 1.29 is 9.63 Å². The molecule has 31 heavy (non-hydrogen) atoms. The topological polar surface area (TPSA) is 89.3 Å². The molecule has 160 valence electrons. The maximum Gasteiger partial charge on any atom is 0.222 e. The molecule has 1 aromatic carbocycles. The van der Waals surface area contributed by atoms with E-state index in [2.05, 4.69) is 38.2 Å². The zero-order chi connectivity index (χ0) is 21.2. The van der Waals surface area contributed by atoms with Crippen LogP contribution in [0.2, 0.25) is 0 Å². The molecule has 1 amide bonds. The lowest BCUT2D eigenvalue weighted by molar-refractivity contribution is -0.131. The van der Waals surface area contributed by atoms with Crippen molar-refractivity contribution in [3.63, 3.8) is 0 Å². The zero-order valence-electron chi connectivity index (χ0n) is 17.3. The summed E-state index contributed by atoms with van der Waals surface area (Å²) < 4.78 is 0. The largest absolute Gasteiger partial charge is 0.395 e. The first-order valence-corrected chi connectivity index (χ1v) is 11.2. The average Bonchev–Trinajstić information content (AvgIpc) is 3.39. The molecule has 0 N–H and O–H groups in total. The molecule has 0 saturated carbocycles. The van der Waals surface area contributed by atoms with Crippen molar-refractivity contribution in [2.75, 3.05) is 37.7 Å². The van der Waals surface area contributed by atoms with Crippen LogP contribution in [0.3, 0.4) is 0 Å². The van der Waals surface area contributed by atoms with Gasteiger partial charge in [-0.15, -0.1) is 16.4 Å². The van der Waals surface area contributed by atoms with Crippen LogP contribution < -0.4 is 9.74 Å². The van der Waals surface area contributed by atoms with Gasteiger partial charge in [0.2, 0.25) is 5.91 Å². The highest BCUT2D eigenvalue weighted by atomic mass is 32.1. The van der Waals surface area contributed by atoms with Crippen molar-refractivity contribution in [1.82, 2.24) is 30.0 Å². The van der Waals surface area contributed by atoms with Crippen LogP contribution in [-0.2, 0) is 4.79 Å². The summed E-state index contributed by atoms with van der Waals surface area (Å²) in [5, 5.41) is 9.15. The molecule has 0 radical (unpaired) electrons. The number of aromatic nitrogens is 5. The van der Waals surface area contributed by atoms with Crippen LogP contribution in [0.4, 0.5) is 5.82 Å². The van der Waals surface area contributed by atoms with Crippen LogP contribution in [0.1, 0.15) is 17.7 Å². The number of carbonyl (C=O) groups is 1. The van der Waals surface area contributed by atoms with Gasteiger partial charge in [0.1, 0.15) is 34.6 Å². The lowest BCUT2D eigenvalue weighted by Crippen LogP contribution is -2.49. The Kier molecular flexibility index (Phi) is 5.37. The number of anilines is 1. The van der Waals surface area contributed by atoms with Crippen molar-refractivity contribution in [2.45, 2.75) is 19.8 Å². The van der Waals surface area contributed by atoms with Gasteiger partial charge in [0.25, 0.3) is 0 Å². The summed E-state index contributed by atoms with van der Waals surface area (Å²) in [4.78, 5) is 35.0. The fraction of sp³-hybridized carbons (Fsp3) is 0.381. The van der Waals surface area contributed by atoms with Crippen LogP contribution in [0.15, 0.2) is 36.7 Å². The predicted octanol–water partition coefficient (Wildman–Crippen LogP) is 2.30. The smallest absolute Gasteiger partial charge is 0.222 e. The number of nitrogens with zero attached hydrogens (tertiary/aromatic N) is 7. The molecule has 1 aliphatic rings. The molecule has 0 spiro atoms. The highest BCUT2D eigenvalue weighted by Crippen LogP contribution is 2.30. The van der Waals surface area contributed by atoms with E-state index < -0.39 is 0 Å². The van der Waals surface area contributed by atoms with E-state index in [1.807, 2.05) is 29.2 Å². The van der Waals surface area contributed by atoms with Gasteiger partial charge >= 0.3 is 0 Å². The Hall–Kier alpha value is -3.27. The van der Waals surface area contributed by atoms with E-state index in [4.69, 9.17) is 4.84 Å². The van der Waals surface area contributed by atoms with E-state index >= 15 is 0 Å². The molecule has 3 aromatic heterocycles. The number of fused-ring (bicyclic) bond motifs is 2. The molecule has 4 aromatic rings. The number of piperazine rings is 1. The lowest BCUT2D eigenvalue weighted by Gasteiger charge is -2.35. The van der Waals surface area contributed by atoms with Crippen LogP contribution in [0, 0.1) is 6.92 Å². The minimum absolute atomic E-state index is 0.158. The molecular weight excluding hydrogens is 414 g/mol. The molecule has 5 rings (SSSR count). The van der Waals surface area contributed by atoms with Crippen molar-refractivity contribution >= 4 is 44.3 Å². The molecular formula is C21H23N7O2S. The first-order chi connectivity index (χ1) is 15.2. The van der Waals surface area contributed by atoms with Gasteiger partial charge in [-0.1, -0.05) is 17.0 Å². The second-order valence-electron chi connectivity index (χ2n) is 7.53. The molecule has 9 nitrogen and oxygen atoms in total. The normalized spacial score (nSPS) is 14.5. The maximum atomic E-state index is 12.6. The maximum absolute atomic E-state index is 12.6. The number of benzene rings is 1. The van der Waals surface area contributed by atoms with E-state index in [1.165, 1.54) is 9.72 Å². The first-order valence-electron chi connectivity index (χ1n) is 10.4. The summed E-state index contributed by atoms with van der Waals surface area (Å²) in [6, 6.07) is 9.76. The van der Waals surface area contributed by atoms with E-state index in [1.54, 1.807) is 17.7 Å². The van der Waals surface area contributed by atoms with E-state index in [9.17, 15) is 4.79 Å². The summed E-state index contributed by atoms with van der Waals surface area (Å²) in [6.45, 7) is 5.43. The van der Waals surface area contributed by atoms with Gasteiger partial charge in [0.05, 0.1) is 5.39 Å². The summed E-state index contributed by atoms with van der Waals surface area (Å²) in [5.41, 5.74) is 1.61. The number of hydrogen-bond donors (Lipinski definition) is 0. The van der Waals surface area contributed by atoms with E-state index in [0.717, 1.165) is 40.2 Å². The second kappa shape index (κ2) is 8.46. The predicted molar refractivity (Wildman–Crippen MR) is 119 cm³/mol. The number of carbonyl (C=O) groups excluding carboxylic acids is 1. The standard InChI is InChI=1S/C21H23N7O2S/c1-15-13-16-20(22-14-23-21(16)31-15)27-10-8-26(9-11-27)19(29)7-4-12-30-28-18-6-3-2-5-17(18)24-25-28/h2-3,5-6,13-14H,4,7-12H2,1H3. The summed E-state index contributed by atoms with van der Waals surface area (Å²) >= 11 is 1.68. The van der Waals surface area contributed by atoms with Crippen molar-refractivity contribution in [1.29, 1.82) is 0 Å². The molecule has 0 unspecified atom stereocenters. The Balaban J connectivity index is 1.11. The number of thiophene rings is 1. The minimum atomic E-state index is 0.158. The SMILES string of the molecule is Cc1cc2c(N3CCN(C(=O)CCCOn4nnc5ccccc54)CC3)ncnc2s1. The number of amides is 1. The van der Waals surface area contributed by atoms with Crippen molar-refractivity contribution in [3.05, 3.63) is 41.5 Å². The molecule has 10 heteroatoms. The molecule has 0 bridgehead atoms. The fourth-order valence-corrected chi connectivity index (χ4v) is 4.70. The van der Waals surface area contributed by atoms with Crippen LogP contribution >= 0.6 is 11.3 Å². The molecule has 4 heterocycles. The molecule has 0 atom stereocenters. The highest BCUT2D eigenvalue weighted by molar-refractivity contribution is 7.18. The van der Waals surface area contributed by atoms with Gasteiger partial charge < -0.3 is 14.6 Å². The van der Waals surface area contributed by atoms with Crippen LogP contribution in [0.25, 0.3) is 21.3 Å². The fourth-order valence-electron chi connectivity index (χ4n) is 3.86. The number of para-hydroxylation sites is 1. The van der Waals surface area contributed by atoms with Crippen molar-refractivity contribution in [3.8, 4) is 0 Å². The lowest BCUT2D eigenvalue weighted by atomic mass is 10.2. The van der Waals surface area contributed by atoms with E-state index in [-0.39, 0.29) is 5.91 Å². The third-order valence-electron chi connectivity index (χ3n) is 5.43. The molecule has 1 saturated heterocycles. The van der Waals surface area contributed by atoms with Crippen molar-refractivity contribution in [2.24, 2.45) is 0 Å². The van der Waals surface area contributed by atoms with Crippen LogP contribution in [-0.4, -0.2) is 68.7 Å². The Morgan fingerprint density at radius 3 is 2.87 bits per heavy atom. The monoisotopic (exact) mass is 437 g/mol. The van der Waals surface area contributed by atoms with Gasteiger partial charge in [-0.05, 0) is 36.8 Å². The van der Waals surface area contributed by atoms with Gasteiger partial charge in [-0.3, -0.25) is 4.79 Å². The Labute approximate surface area is 183 Å². The van der Waals surface area contributed by atoms with Crippen LogP contribution in [0.5, 0.6) is 0 Å². The zero-order valence-corrected chi connectivity index (χ0v) is 18.1. The number of hydrogen-bond acceptors (Lipinski definition) is 8. The molecule has 1 aliphatic heterocycles. The molecule has 0 aliphatic carbocycles. The van der Waals surface area contributed by atoms with Gasteiger partial charge in [0, 0.05) is 37.5 Å². The van der Waals surface area contributed by atoms with E-state index in [0.29, 0.717) is 32.5 Å².